The van der Waals surface area contributed by atoms with Crippen LogP contribution < -0.4 is 4.72 Å². The minimum atomic E-state index is -3.49. The van der Waals surface area contributed by atoms with E-state index in [4.69, 9.17) is 4.42 Å². The number of benzene rings is 1. The Morgan fingerprint density at radius 1 is 1.20 bits per heavy atom. The SMILES string of the molecule is Cc1ccc(C(C)N=C2NS(=O)(=O)c3ccccc32)o1. The summed E-state index contributed by atoms with van der Waals surface area (Å²) in [7, 11) is -3.49. The number of aryl methyl sites for hydroxylation is 1. The van der Waals surface area contributed by atoms with Gasteiger partial charge in [0.15, 0.2) is 0 Å². The Morgan fingerprint density at radius 3 is 2.65 bits per heavy atom. The first-order valence-electron chi connectivity index (χ1n) is 6.24. The van der Waals surface area contributed by atoms with Crippen LogP contribution in [0.5, 0.6) is 0 Å². The van der Waals surface area contributed by atoms with Gasteiger partial charge in [0.05, 0.1) is 4.90 Å². The van der Waals surface area contributed by atoms with Gasteiger partial charge in [0.25, 0.3) is 10.0 Å². The first-order valence-corrected chi connectivity index (χ1v) is 7.72. The van der Waals surface area contributed by atoms with Crippen LogP contribution in [0.2, 0.25) is 0 Å². The molecular weight excluding hydrogens is 276 g/mol. The Kier molecular flexibility index (Phi) is 2.90. The maximum absolute atomic E-state index is 12.0. The zero-order valence-corrected chi connectivity index (χ0v) is 11.9. The van der Waals surface area contributed by atoms with E-state index in [-0.39, 0.29) is 10.9 Å². The normalized spacial score (nSPS) is 19.6. The third-order valence-electron chi connectivity index (χ3n) is 3.16. The smallest absolute Gasteiger partial charge is 0.263 e. The van der Waals surface area contributed by atoms with Crippen molar-refractivity contribution in [1.29, 1.82) is 0 Å². The zero-order valence-electron chi connectivity index (χ0n) is 11.1. The first kappa shape index (κ1) is 12.9. The lowest BCUT2D eigenvalue weighted by atomic mass is 10.2. The molecule has 0 saturated heterocycles. The van der Waals surface area contributed by atoms with Crippen molar-refractivity contribution in [2.75, 3.05) is 0 Å². The molecule has 1 aliphatic heterocycles. The monoisotopic (exact) mass is 290 g/mol. The van der Waals surface area contributed by atoms with E-state index in [1.165, 1.54) is 0 Å². The van der Waals surface area contributed by atoms with Gasteiger partial charge in [-0.2, -0.15) is 0 Å². The number of furan rings is 1. The highest BCUT2D eigenvalue weighted by Crippen LogP contribution is 2.25. The van der Waals surface area contributed by atoms with Crippen LogP contribution >= 0.6 is 0 Å². The van der Waals surface area contributed by atoms with Crippen molar-refractivity contribution in [2.45, 2.75) is 24.8 Å². The third-order valence-corrected chi connectivity index (χ3v) is 4.56. The van der Waals surface area contributed by atoms with Crippen molar-refractivity contribution in [3.63, 3.8) is 0 Å². The van der Waals surface area contributed by atoms with Gasteiger partial charge in [0.1, 0.15) is 23.4 Å². The molecule has 6 heteroatoms. The molecule has 1 aromatic carbocycles. The summed E-state index contributed by atoms with van der Waals surface area (Å²) >= 11 is 0. The van der Waals surface area contributed by atoms with E-state index in [1.54, 1.807) is 24.3 Å². The summed E-state index contributed by atoms with van der Waals surface area (Å²) in [6.45, 7) is 3.72. The largest absolute Gasteiger partial charge is 0.464 e. The Hall–Kier alpha value is -2.08. The predicted molar refractivity (Wildman–Crippen MR) is 75.2 cm³/mol. The van der Waals surface area contributed by atoms with Gasteiger partial charge in [-0.25, -0.2) is 8.42 Å². The Labute approximate surface area is 117 Å². The molecule has 3 rings (SSSR count). The second kappa shape index (κ2) is 4.49. The Bertz CT molecular complexity index is 790. The lowest BCUT2D eigenvalue weighted by molar-refractivity contribution is 0.458. The highest BCUT2D eigenvalue weighted by atomic mass is 32.2. The van der Waals surface area contributed by atoms with Gasteiger partial charge < -0.3 is 4.42 Å². The molecule has 20 heavy (non-hydrogen) atoms. The summed E-state index contributed by atoms with van der Waals surface area (Å²) in [5.74, 6) is 1.88. The van der Waals surface area contributed by atoms with Crippen molar-refractivity contribution >= 4 is 15.9 Å². The third kappa shape index (κ3) is 2.12. The average molecular weight is 290 g/mol. The van der Waals surface area contributed by atoms with E-state index in [2.05, 4.69) is 9.71 Å². The van der Waals surface area contributed by atoms with E-state index in [1.807, 2.05) is 26.0 Å². The molecule has 1 N–H and O–H groups in total. The second-order valence-corrected chi connectivity index (χ2v) is 6.35. The molecular formula is C14H14N2O3S. The molecule has 2 aromatic rings. The molecule has 1 unspecified atom stereocenters. The van der Waals surface area contributed by atoms with Crippen molar-refractivity contribution in [1.82, 2.24) is 4.72 Å². The van der Waals surface area contributed by atoms with Crippen LogP contribution in [0.1, 0.15) is 30.0 Å². The van der Waals surface area contributed by atoms with E-state index >= 15 is 0 Å². The lowest BCUT2D eigenvalue weighted by Crippen LogP contribution is -2.22. The highest BCUT2D eigenvalue weighted by molar-refractivity contribution is 7.90. The molecule has 104 valence electrons. The van der Waals surface area contributed by atoms with Crippen LogP contribution in [-0.2, 0) is 10.0 Å². The fourth-order valence-corrected chi connectivity index (χ4v) is 3.40. The molecule has 0 radical (unpaired) electrons. The van der Waals surface area contributed by atoms with Crippen molar-refractivity contribution in [3.05, 3.63) is 53.5 Å². The van der Waals surface area contributed by atoms with E-state index in [0.717, 1.165) is 5.76 Å². The number of rotatable bonds is 2. The highest BCUT2D eigenvalue weighted by Gasteiger charge is 2.30. The van der Waals surface area contributed by atoms with Crippen LogP contribution in [0, 0.1) is 6.92 Å². The van der Waals surface area contributed by atoms with Gasteiger partial charge in [-0.3, -0.25) is 9.71 Å². The molecule has 1 atom stereocenters. The predicted octanol–water partition coefficient (Wildman–Crippen LogP) is 2.39. The quantitative estimate of drug-likeness (QED) is 0.923. The van der Waals surface area contributed by atoms with E-state index in [9.17, 15) is 8.42 Å². The minimum absolute atomic E-state index is 0.257. The minimum Gasteiger partial charge on any atom is -0.464 e. The number of aliphatic imine (C=N–C) groups is 1. The number of hydrogen-bond acceptors (Lipinski definition) is 4. The average Bonchev–Trinajstić information content (AvgIpc) is 2.93. The van der Waals surface area contributed by atoms with Gasteiger partial charge in [-0.05, 0) is 38.1 Å². The summed E-state index contributed by atoms with van der Waals surface area (Å²) in [6.07, 6.45) is 0. The fourth-order valence-electron chi connectivity index (χ4n) is 2.16. The second-order valence-electron chi connectivity index (χ2n) is 4.70. The van der Waals surface area contributed by atoms with Crippen molar-refractivity contribution < 1.29 is 12.8 Å². The zero-order chi connectivity index (χ0) is 14.3. The molecule has 1 aromatic heterocycles. The standard InChI is InChI=1S/C14H14N2O3S/c1-9-7-8-12(19-9)10(2)15-14-11-5-3-4-6-13(11)20(17,18)16-14/h3-8,10H,1-2H3,(H,15,16). The van der Waals surface area contributed by atoms with Crippen molar-refractivity contribution in [2.24, 2.45) is 4.99 Å². The lowest BCUT2D eigenvalue weighted by Gasteiger charge is -2.05. The van der Waals surface area contributed by atoms with Crippen LogP contribution in [0.3, 0.4) is 0 Å². The summed E-state index contributed by atoms with van der Waals surface area (Å²) in [6, 6.07) is 10.2. The molecule has 1 aliphatic rings. The molecule has 2 heterocycles. The number of fused-ring (bicyclic) bond motifs is 1. The summed E-state index contributed by atoms with van der Waals surface area (Å²) in [5, 5.41) is 0. The van der Waals surface area contributed by atoms with Gasteiger partial charge in [0, 0.05) is 5.56 Å². The van der Waals surface area contributed by atoms with E-state index in [0.29, 0.717) is 17.2 Å². The maximum Gasteiger partial charge on any atom is 0.263 e. The van der Waals surface area contributed by atoms with Crippen molar-refractivity contribution in [3.8, 4) is 0 Å². The summed E-state index contributed by atoms with van der Waals surface area (Å²) < 4.78 is 31.9. The number of nitrogens with zero attached hydrogens (tertiary/aromatic N) is 1. The first-order chi connectivity index (χ1) is 9.47. The molecule has 0 amide bonds. The van der Waals surface area contributed by atoms with Crippen LogP contribution in [-0.4, -0.2) is 14.3 Å². The van der Waals surface area contributed by atoms with E-state index < -0.39 is 10.0 Å². The fraction of sp³-hybridized carbons (Fsp3) is 0.214. The van der Waals surface area contributed by atoms with Gasteiger partial charge in [-0.15, -0.1) is 0 Å². The Balaban J connectivity index is 2.02. The summed E-state index contributed by atoms with van der Waals surface area (Å²) in [5.41, 5.74) is 0.600. The van der Waals surface area contributed by atoms with Gasteiger partial charge in [0.2, 0.25) is 0 Å². The maximum atomic E-state index is 12.0. The molecule has 0 fully saturated rings. The molecule has 5 nitrogen and oxygen atoms in total. The van der Waals surface area contributed by atoms with Crippen LogP contribution in [0.15, 0.2) is 50.7 Å². The number of amidine groups is 1. The number of hydrogen-bond donors (Lipinski definition) is 1. The molecule has 0 aliphatic carbocycles. The summed E-state index contributed by atoms with van der Waals surface area (Å²) in [4.78, 5) is 4.69. The van der Waals surface area contributed by atoms with Gasteiger partial charge in [-0.1, -0.05) is 12.1 Å². The molecule has 0 saturated carbocycles. The molecule has 0 bridgehead atoms. The number of sulfonamides is 1. The number of nitrogens with one attached hydrogen (secondary N) is 1. The topological polar surface area (TPSA) is 71.7 Å². The van der Waals surface area contributed by atoms with Crippen LogP contribution in [0.4, 0.5) is 0 Å². The van der Waals surface area contributed by atoms with Crippen LogP contribution in [0.25, 0.3) is 0 Å². The van der Waals surface area contributed by atoms with Gasteiger partial charge >= 0.3 is 0 Å². The Morgan fingerprint density at radius 2 is 1.95 bits per heavy atom. The molecule has 0 spiro atoms.